The van der Waals surface area contributed by atoms with Crippen molar-refractivity contribution in [3.63, 3.8) is 0 Å². The van der Waals surface area contributed by atoms with E-state index in [1.807, 2.05) is 37.2 Å². The van der Waals surface area contributed by atoms with Crippen molar-refractivity contribution in [2.75, 3.05) is 47.4 Å². The Morgan fingerprint density at radius 1 is 1.04 bits per heavy atom. The number of esters is 1. The van der Waals surface area contributed by atoms with Gasteiger partial charge in [-0.25, -0.2) is 4.79 Å². The zero-order valence-corrected chi connectivity index (χ0v) is 17.2. The van der Waals surface area contributed by atoms with Crippen molar-refractivity contribution in [1.82, 2.24) is 0 Å². The van der Waals surface area contributed by atoms with Gasteiger partial charge >= 0.3 is 5.97 Å². The van der Waals surface area contributed by atoms with E-state index in [2.05, 4.69) is 9.47 Å². The molecule has 8 heteroatoms. The number of ether oxygens (including phenoxy) is 3. The van der Waals surface area contributed by atoms with E-state index >= 15 is 0 Å². The Labute approximate surface area is 163 Å². The van der Waals surface area contributed by atoms with Gasteiger partial charge < -0.3 is 19.1 Å². The number of carbonyl (C=O) groups is 3. The van der Waals surface area contributed by atoms with Crippen LogP contribution in [0.25, 0.3) is 0 Å². The Morgan fingerprint density at radius 3 is 2.04 bits per heavy atom. The molecular formula is C19H25NO6S. The maximum Gasteiger partial charge on any atom is 0.339 e. The van der Waals surface area contributed by atoms with E-state index < -0.39 is 0 Å². The normalized spacial score (nSPS) is 8.96. The van der Waals surface area contributed by atoms with Crippen molar-refractivity contribution in [3.8, 4) is 5.75 Å². The van der Waals surface area contributed by atoms with Crippen molar-refractivity contribution in [1.29, 1.82) is 0 Å². The fourth-order valence-electron chi connectivity index (χ4n) is 1.85. The Kier molecular flexibility index (Phi) is 12.1. The average molecular weight is 395 g/mol. The van der Waals surface area contributed by atoms with Gasteiger partial charge in [0, 0.05) is 34.4 Å². The second-order valence-electron chi connectivity index (χ2n) is 5.13. The smallest absolute Gasteiger partial charge is 0.339 e. The minimum absolute atomic E-state index is 0.302. The molecule has 0 fully saturated rings. The topological polar surface area (TPSA) is 82.1 Å². The predicted molar refractivity (Wildman–Crippen MR) is 107 cm³/mol. The summed E-state index contributed by atoms with van der Waals surface area (Å²) >= 11 is 1.12. The van der Waals surface area contributed by atoms with Crippen LogP contribution in [0.3, 0.4) is 0 Å². The Bertz CT molecular complexity index is 727. The summed E-state index contributed by atoms with van der Waals surface area (Å²) in [7, 11) is 9.88. The Balaban J connectivity index is 0.000000442. The molecule has 0 N–H and O–H groups in total. The van der Waals surface area contributed by atoms with Crippen molar-refractivity contribution in [2.24, 2.45) is 0 Å². The molecule has 0 saturated carbocycles. The van der Waals surface area contributed by atoms with Crippen LogP contribution in [-0.4, -0.2) is 61.1 Å². The summed E-state index contributed by atoms with van der Waals surface area (Å²) in [6.07, 6.45) is 1.37. The summed E-state index contributed by atoms with van der Waals surface area (Å²) in [5, 5.41) is 0. The highest BCUT2D eigenvalue weighted by molar-refractivity contribution is 7.15. The molecule has 2 rings (SSSR count). The largest absolute Gasteiger partial charge is 0.495 e. The highest BCUT2D eigenvalue weighted by Gasteiger charge is 2.11. The first-order chi connectivity index (χ1) is 12.9. The number of hydrogen-bond acceptors (Lipinski definition) is 8. The van der Waals surface area contributed by atoms with E-state index in [-0.39, 0.29) is 5.97 Å². The van der Waals surface area contributed by atoms with E-state index in [4.69, 9.17) is 4.74 Å². The van der Waals surface area contributed by atoms with E-state index in [0.717, 1.165) is 17.0 Å². The molecule has 0 bridgehead atoms. The second-order valence-corrected chi connectivity index (χ2v) is 6.24. The van der Waals surface area contributed by atoms with Crippen LogP contribution in [0, 0.1) is 0 Å². The lowest BCUT2D eigenvalue weighted by Crippen LogP contribution is -2.14. The van der Waals surface area contributed by atoms with Crippen LogP contribution >= 0.6 is 11.3 Å². The highest BCUT2D eigenvalue weighted by atomic mass is 32.1. The molecule has 1 heterocycles. The van der Waals surface area contributed by atoms with Crippen LogP contribution in [0.2, 0.25) is 0 Å². The van der Waals surface area contributed by atoms with Crippen LogP contribution in [0.15, 0.2) is 30.3 Å². The van der Waals surface area contributed by atoms with Gasteiger partial charge in [-0.3, -0.25) is 9.59 Å². The lowest BCUT2D eigenvalue weighted by atomic mass is 10.1. The molecule has 0 spiro atoms. The minimum atomic E-state index is -0.302. The van der Waals surface area contributed by atoms with Gasteiger partial charge in [-0.05, 0) is 12.1 Å². The molecule has 148 valence electrons. The SMILES string of the molecule is COC.COC(=O)c1ccccc1N(C)C.COc1cc(C=O)sc1C=O. The van der Waals surface area contributed by atoms with Crippen LogP contribution in [0.5, 0.6) is 5.75 Å². The molecule has 1 aromatic carbocycles. The first-order valence-corrected chi connectivity index (χ1v) is 8.54. The van der Waals surface area contributed by atoms with Crippen molar-refractivity contribution in [3.05, 3.63) is 45.6 Å². The molecule has 0 aliphatic carbocycles. The molecule has 0 aliphatic heterocycles. The molecule has 0 atom stereocenters. The molecule has 0 saturated heterocycles. The summed E-state index contributed by atoms with van der Waals surface area (Å²) in [5.74, 6) is 0.163. The Morgan fingerprint density at radius 2 is 1.63 bits per heavy atom. The minimum Gasteiger partial charge on any atom is -0.495 e. The molecule has 0 radical (unpaired) electrons. The maximum absolute atomic E-state index is 11.3. The van der Waals surface area contributed by atoms with Gasteiger partial charge in [0.05, 0.1) is 30.3 Å². The number of thiophene rings is 1. The molecule has 0 amide bonds. The highest BCUT2D eigenvalue weighted by Crippen LogP contribution is 2.25. The first kappa shape index (κ1) is 24.3. The van der Waals surface area contributed by atoms with Gasteiger partial charge in [0.15, 0.2) is 12.6 Å². The number of anilines is 1. The molecule has 27 heavy (non-hydrogen) atoms. The lowest BCUT2D eigenvalue weighted by Gasteiger charge is -2.15. The fraction of sp³-hybridized carbons (Fsp3) is 0.316. The maximum atomic E-state index is 11.3. The van der Waals surface area contributed by atoms with Crippen LogP contribution in [-0.2, 0) is 9.47 Å². The van der Waals surface area contributed by atoms with Gasteiger partial charge in [-0.1, -0.05) is 12.1 Å². The second kappa shape index (κ2) is 13.5. The van der Waals surface area contributed by atoms with Gasteiger partial charge in [0.2, 0.25) is 0 Å². The standard InChI is InChI=1S/C10H13NO2.C7H6O3S.C2H6O/c1-11(2)9-7-5-4-6-8(9)10(12)13-3;1-10-6-2-5(3-8)11-7(6)4-9;1-3-2/h4-7H,1-3H3;2-4H,1H3;1-2H3. The number of rotatable bonds is 5. The van der Waals surface area contributed by atoms with E-state index in [9.17, 15) is 14.4 Å². The number of benzene rings is 1. The third-order valence-corrected chi connectivity index (χ3v) is 3.95. The van der Waals surface area contributed by atoms with Crippen molar-refractivity contribution in [2.45, 2.75) is 0 Å². The van der Waals surface area contributed by atoms with Gasteiger partial charge in [-0.2, -0.15) is 0 Å². The zero-order chi connectivity index (χ0) is 20.8. The lowest BCUT2D eigenvalue weighted by molar-refractivity contribution is 0.0601. The van der Waals surface area contributed by atoms with E-state index in [1.54, 1.807) is 26.4 Å². The monoisotopic (exact) mass is 395 g/mol. The quantitative estimate of drug-likeness (QED) is 0.568. The Hall–Kier alpha value is -2.71. The fourth-order valence-corrected chi connectivity index (χ4v) is 2.61. The molecule has 0 unspecified atom stereocenters. The van der Waals surface area contributed by atoms with Gasteiger partial charge in [-0.15, -0.1) is 11.3 Å². The molecule has 2 aromatic rings. The number of para-hydroxylation sites is 1. The first-order valence-electron chi connectivity index (χ1n) is 7.73. The summed E-state index contributed by atoms with van der Waals surface area (Å²) in [6.45, 7) is 0. The van der Waals surface area contributed by atoms with E-state index in [0.29, 0.717) is 33.6 Å². The third kappa shape index (κ3) is 8.02. The molecule has 0 aliphatic rings. The molecular weight excluding hydrogens is 370 g/mol. The number of carbonyl (C=O) groups excluding carboxylic acids is 3. The molecule has 7 nitrogen and oxygen atoms in total. The average Bonchev–Trinajstić information content (AvgIpc) is 3.11. The number of hydrogen-bond donors (Lipinski definition) is 0. The molecule has 1 aromatic heterocycles. The van der Waals surface area contributed by atoms with Crippen molar-refractivity contribution >= 4 is 35.6 Å². The summed E-state index contributed by atoms with van der Waals surface area (Å²) in [6, 6.07) is 8.88. The summed E-state index contributed by atoms with van der Waals surface area (Å²) in [5.41, 5.74) is 1.46. The third-order valence-electron chi connectivity index (χ3n) is 2.98. The number of methoxy groups -OCH3 is 3. The van der Waals surface area contributed by atoms with Gasteiger partial charge in [0.1, 0.15) is 10.6 Å². The summed E-state index contributed by atoms with van der Waals surface area (Å²) in [4.78, 5) is 34.7. The van der Waals surface area contributed by atoms with Crippen LogP contribution in [0.1, 0.15) is 29.7 Å². The predicted octanol–water partition coefficient (Wildman–Crippen LogP) is 3.18. The summed E-state index contributed by atoms with van der Waals surface area (Å²) < 4.78 is 13.8. The van der Waals surface area contributed by atoms with E-state index in [1.165, 1.54) is 14.2 Å². The number of aldehydes is 2. The van der Waals surface area contributed by atoms with Crippen molar-refractivity contribution < 1.29 is 28.6 Å². The van der Waals surface area contributed by atoms with Crippen LogP contribution in [0.4, 0.5) is 5.69 Å². The number of nitrogens with zero attached hydrogens (tertiary/aromatic N) is 1. The van der Waals surface area contributed by atoms with Crippen LogP contribution < -0.4 is 9.64 Å². The zero-order valence-electron chi connectivity index (χ0n) is 16.3. The van der Waals surface area contributed by atoms with Gasteiger partial charge in [0.25, 0.3) is 0 Å².